The second-order valence-electron chi connectivity index (χ2n) is 6.39. The van der Waals surface area contributed by atoms with E-state index in [9.17, 15) is 9.59 Å². The molecule has 0 aliphatic rings. The van der Waals surface area contributed by atoms with Gasteiger partial charge in [0.1, 0.15) is 11.2 Å². The van der Waals surface area contributed by atoms with Gasteiger partial charge in [0.05, 0.1) is 12.8 Å². The molecule has 0 unspecified atom stereocenters. The van der Waals surface area contributed by atoms with E-state index in [2.05, 4.69) is 10.6 Å². The summed E-state index contributed by atoms with van der Waals surface area (Å²) in [5.74, 6) is -0.378. The topological polar surface area (TPSA) is 67.4 Å². The standard InChI is InChI=1S/C20H23ClN2O3/c1-5-13-8-6-7-9-15(13)22-18(24)20(2,3)19(25)23-16-12-14(21)10-11-17(16)26-4/h6-12H,5H2,1-4H3,(H,22,24)(H,23,25). The fourth-order valence-corrected chi connectivity index (χ4v) is 2.56. The molecule has 26 heavy (non-hydrogen) atoms. The van der Waals surface area contributed by atoms with Crippen molar-refractivity contribution in [3.8, 4) is 5.75 Å². The van der Waals surface area contributed by atoms with Gasteiger partial charge in [0.15, 0.2) is 0 Å². The van der Waals surface area contributed by atoms with Crippen molar-refractivity contribution in [2.45, 2.75) is 27.2 Å². The Morgan fingerprint density at radius 1 is 1.04 bits per heavy atom. The van der Waals surface area contributed by atoms with Crippen LogP contribution in [0.3, 0.4) is 0 Å². The third-order valence-electron chi connectivity index (χ3n) is 4.19. The zero-order valence-corrected chi connectivity index (χ0v) is 16.1. The number of rotatable bonds is 6. The monoisotopic (exact) mass is 374 g/mol. The van der Waals surface area contributed by atoms with Crippen LogP contribution in [0.4, 0.5) is 11.4 Å². The summed E-state index contributed by atoms with van der Waals surface area (Å²) < 4.78 is 5.23. The van der Waals surface area contributed by atoms with Crippen molar-refractivity contribution < 1.29 is 14.3 Å². The Balaban J connectivity index is 2.19. The zero-order valence-electron chi connectivity index (χ0n) is 15.4. The highest BCUT2D eigenvalue weighted by molar-refractivity contribution is 6.31. The smallest absolute Gasteiger partial charge is 0.239 e. The van der Waals surface area contributed by atoms with E-state index in [-0.39, 0.29) is 0 Å². The van der Waals surface area contributed by atoms with Crippen molar-refractivity contribution in [3.63, 3.8) is 0 Å². The van der Waals surface area contributed by atoms with Gasteiger partial charge in [-0.3, -0.25) is 9.59 Å². The van der Waals surface area contributed by atoms with Gasteiger partial charge in [-0.2, -0.15) is 0 Å². The number of amides is 2. The summed E-state index contributed by atoms with van der Waals surface area (Å²) in [6.07, 6.45) is 0.781. The van der Waals surface area contributed by atoms with E-state index >= 15 is 0 Å². The Bertz CT molecular complexity index is 818. The number of para-hydroxylation sites is 1. The molecule has 0 heterocycles. The van der Waals surface area contributed by atoms with Gasteiger partial charge in [0, 0.05) is 10.7 Å². The van der Waals surface area contributed by atoms with Gasteiger partial charge in [0.25, 0.3) is 0 Å². The molecule has 0 aliphatic carbocycles. The highest BCUT2D eigenvalue weighted by Crippen LogP contribution is 2.30. The van der Waals surface area contributed by atoms with Gasteiger partial charge in [-0.05, 0) is 50.1 Å². The SMILES string of the molecule is CCc1ccccc1NC(=O)C(C)(C)C(=O)Nc1cc(Cl)ccc1OC. The van der Waals surface area contributed by atoms with Crippen molar-refractivity contribution >= 4 is 34.8 Å². The molecular formula is C20H23ClN2O3. The lowest BCUT2D eigenvalue weighted by Crippen LogP contribution is -2.41. The van der Waals surface area contributed by atoms with Gasteiger partial charge < -0.3 is 15.4 Å². The molecule has 6 heteroatoms. The second kappa shape index (κ2) is 8.23. The van der Waals surface area contributed by atoms with E-state index in [1.165, 1.54) is 7.11 Å². The first-order valence-corrected chi connectivity index (χ1v) is 8.71. The van der Waals surface area contributed by atoms with Crippen LogP contribution >= 0.6 is 11.6 Å². The molecule has 2 rings (SSSR count). The zero-order chi connectivity index (χ0) is 19.3. The largest absolute Gasteiger partial charge is 0.495 e. The van der Waals surface area contributed by atoms with Crippen molar-refractivity contribution in [1.29, 1.82) is 0 Å². The number of carbonyl (C=O) groups excluding carboxylic acids is 2. The number of halogens is 1. The van der Waals surface area contributed by atoms with Crippen molar-refractivity contribution in [3.05, 3.63) is 53.1 Å². The number of carbonyl (C=O) groups is 2. The third-order valence-corrected chi connectivity index (χ3v) is 4.43. The first-order chi connectivity index (χ1) is 12.3. The van der Waals surface area contributed by atoms with Crippen LogP contribution in [0.5, 0.6) is 5.75 Å². The summed E-state index contributed by atoms with van der Waals surface area (Å²) in [5.41, 5.74) is 0.836. The number of hydrogen-bond acceptors (Lipinski definition) is 3. The number of nitrogens with one attached hydrogen (secondary N) is 2. The molecule has 138 valence electrons. The number of anilines is 2. The molecule has 0 fully saturated rings. The van der Waals surface area contributed by atoms with Crippen molar-refractivity contribution in [2.24, 2.45) is 5.41 Å². The molecule has 0 atom stereocenters. The molecule has 0 bridgehead atoms. The Hall–Kier alpha value is -2.53. The third kappa shape index (κ3) is 4.35. The van der Waals surface area contributed by atoms with Crippen LogP contribution in [0.2, 0.25) is 5.02 Å². The Morgan fingerprint density at radius 3 is 2.27 bits per heavy atom. The highest BCUT2D eigenvalue weighted by atomic mass is 35.5. The van der Waals surface area contributed by atoms with E-state index < -0.39 is 17.2 Å². The van der Waals surface area contributed by atoms with E-state index in [1.54, 1.807) is 32.0 Å². The lowest BCUT2D eigenvalue weighted by molar-refractivity contribution is -0.135. The van der Waals surface area contributed by atoms with E-state index in [0.717, 1.165) is 12.0 Å². The van der Waals surface area contributed by atoms with Crippen LogP contribution in [0.15, 0.2) is 42.5 Å². The van der Waals surface area contributed by atoms with E-state index in [4.69, 9.17) is 16.3 Å². The summed E-state index contributed by atoms with van der Waals surface area (Å²) >= 11 is 5.99. The maximum atomic E-state index is 12.7. The van der Waals surface area contributed by atoms with Crippen molar-refractivity contribution in [1.82, 2.24) is 0 Å². The first kappa shape index (κ1) is 19.8. The molecule has 2 N–H and O–H groups in total. The summed E-state index contributed by atoms with van der Waals surface area (Å²) in [6, 6.07) is 12.4. The van der Waals surface area contributed by atoms with Gasteiger partial charge in [0.2, 0.25) is 11.8 Å². The second-order valence-corrected chi connectivity index (χ2v) is 6.82. The number of methoxy groups -OCH3 is 1. The summed E-state index contributed by atoms with van der Waals surface area (Å²) in [4.78, 5) is 25.5. The van der Waals surface area contributed by atoms with Gasteiger partial charge >= 0.3 is 0 Å². The maximum Gasteiger partial charge on any atom is 0.239 e. The van der Waals surface area contributed by atoms with Gasteiger partial charge in [-0.1, -0.05) is 36.7 Å². The fraction of sp³-hybridized carbons (Fsp3) is 0.300. The molecule has 0 aromatic heterocycles. The predicted octanol–water partition coefficient (Wildman–Crippen LogP) is 4.51. The maximum absolute atomic E-state index is 12.7. The van der Waals surface area contributed by atoms with Crippen LogP contribution in [-0.2, 0) is 16.0 Å². The minimum atomic E-state index is -1.30. The number of ether oxygens (including phenoxy) is 1. The van der Waals surface area contributed by atoms with Crippen LogP contribution in [0.25, 0.3) is 0 Å². The first-order valence-electron chi connectivity index (χ1n) is 8.34. The molecular weight excluding hydrogens is 352 g/mol. The number of hydrogen-bond donors (Lipinski definition) is 2. The van der Waals surface area contributed by atoms with Gasteiger partial charge in [-0.25, -0.2) is 0 Å². The molecule has 2 aromatic rings. The molecule has 0 aliphatic heterocycles. The van der Waals surface area contributed by atoms with Crippen molar-refractivity contribution in [2.75, 3.05) is 17.7 Å². The summed E-state index contributed by atoms with van der Waals surface area (Å²) in [5, 5.41) is 6.04. The quantitative estimate of drug-likeness (QED) is 0.731. The highest BCUT2D eigenvalue weighted by Gasteiger charge is 2.36. The Labute approximate surface area is 158 Å². The summed E-state index contributed by atoms with van der Waals surface area (Å²) in [7, 11) is 1.50. The average molecular weight is 375 g/mol. The van der Waals surface area contributed by atoms with E-state index in [1.807, 2.05) is 31.2 Å². The molecule has 0 saturated heterocycles. The predicted molar refractivity (Wildman–Crippen MR) is 105 cm³/mol. The minimum Gasteiger partial charge on any atom is -0.495 e. The van der Waals surface area contributed by atoms with Crippen LogP contribution in [0.1, 0.15) is 26.3 Å². The van der Waals surface area contributed by atoms with Crippen LogP contribution in [0, 0.1) is 5.41 Å². The number of benzene rings is 2. The average Bonchev–Trinajstić information content (AvgIpc) is 2.62. The molecule has 5 nitrogen and oxygen atoms in total. The molecule has 0 radical (unpaired) electrons. The molecule has 2 amide bonds. The Morgan fingerprint density at radius 2 is 1.65 bits per heavy atom. The number of aryl methyl sites for hydroxylation is 1. The minimum absolute atomic E-state index is 0.392. The van der Waals surface area contributed by atoms with Crippen LogP contribution < -0.4 is 15.4 Å². The molecule has 0 spiro atoms. The van der Waals surface area contributed by atoms with E-state index in [0.29, 0.717) is 22.1 Å². The van der Waals surface area contributed by atoms with Crippen LogP contribution in [-0.4, -0.2) is 18.9 Å². The lowest BCUT2D eigenvalue weighted by Gasteiger charge is -2.24. The Kier molecular flexibility index (Phi) is 6.27. The summed E-state index contributed by atoms with van der Waals surface area (Å²) in [6.45, 7) is 5.15. The molecule has 2 aromatic carbocycles. The molecule has 0 saturated carbocycles. The fourth-order valence-electron chi connectivity index (χ4n) is 2.39. The lowest BCUT2D eigenvalue weighted by atomic mass is 9.90. The normalized spacial score (nSPS) is 11.0. The van der Waals surface area contributed by atoms with Gasteiger partial charge in [-0.15, -0.1) is 0 Å².